The van der Waals surface area contributed by atoms with Crippen LogP contribution in [0.2, 0.25) is 0 Å². The van der Waals surface area contributed by atoms with Gasteiger partial charge in [0, 0.05) is 13.0 Å². The molecule has 0 fully saturated rings. The molecule has 10 heteroatoms. The van der Waals surface area contributed by atoms with Gasteiger partial charge in [0.15, 0.2) is 0 Å². The molecule has 1 N–H and O–H groups in total. The van der Waals surface area contributed by atoms with Crippen LogP contribution < -0.4 is 5.32 Å². The molecular weight excluding hydrogens is 318 g/mol. The Morgan fingerprint density at radius 3 is 2.96 bits per heavy atom. The number of hydrogen-bond donors (Lipinski definition) is 1. The molecule has 1 amide bonds. The molecule has 0 aliphatic rings. The van der Waals surface area contributed by atoms with Gasteiger partial charge < -0.3 is 4.42 Å². The van der Waals surface area contributed by atoms with Crippen molar-refractivity contribution in [2.45, 2.75) is 33.2 Å². The van der Waals surface area contributed by atoms with Crippen LogP contribution in [0.3, 0.4) is 0 Å². The predicted molar refractivity (Wildman–Crippen MR) is 82.8 cm³/mol. The second-order valence-electron chi connectivity index (χ2n) is 4.87. The Bertz CT molecular complexity index is 793. The average Bonchev–Trinajstić information content (AvgIpc) is 3.21. The van der Waals surface area contributed by atoms with E-state index in [0.717, 1.165) is 15.6 Å². The van der Waals surface area contributed by atoms with Gasteiger partial charge in [-0.05, 0) is 20.3 Å². The number of rotatable bonds is 6. The van der Waals surface area contributed by atoms with Crippen LogP contribution in [0.15, 0.2) is 17.1 Å². The fourth-order valence-corrected chi connectivity index (χ4v) is 2.87. The Balaban J connectivity index is 1.54. The molecule has 0 spiro atoms. The molecule has 0 aliphatic carbocycles. The van der Waals surface area contributed by atoms with Crippen molar-refractivity contribution in [2.24, 2.45) is 0 Å². The Morgan fingerprint density at radius 1 is 1.39 bits per heavy atom. The molecule has 0 unspecified atom stereocenters. The van der Waals surface area contributed by atoms with Gasteiger partial charge in [-0.1, -0.05) is 5.10 Å². The lowest BCUT2D eigenvalue weighted by atomic mass is 10.3. The molecule has 0 bridgehead atoms. The third kappa shape index (κ3) is 3.77. The predicted octanol–water partition coefficient (Wildman–Crippen LogP) is 1.82. The summed E-state index contributed by atoms with van der Waals surface area (Å²) in [6, 6.07) is 0.0937. The maximum Gasteiger partial charge on any atom is 0.322 e. The van der Waals surface area contributed by atoms with Crippen molar-refractivity contribution in [1.29, 1.82) is 0 Å². The summed E-state index contributed by atoms with van der Waals surface area (Å²) < 4.78 is 7.15. The molecule has 0 aliphatic heterocycles. The summed E-state index contributed by atoms with van der Waals surface area (Å²) in [5.41, 5.74) is 0.835. The molecule has 23 heavy (non-hydrogen) atoms. The zero-order chi connectivity index (χ0) is 16.2. The van der Waals surface area contributed by atoms with Gasteiger partial charge in [-0.2, -0.15) is 5.10 Å². The molecule has 0 saturated heterocycles. The Labute approximate surface area is 135 Å². The zero-order valence-electron chi connectivity index (χ0n) is 12.7. The van der Waals surface area contributed by atoms with E-state index in [1.165, 1.54) is 17.7 Å². The zero-order valence-corrected chi connectivity index (χ0v) is 13.5. The van der Waals surface area contributed by atoms with Crippen LogP contribution in [0.1, 0.15) is 23.5 Å². The van der Waals surface area contributed by atoms with Crippen LogP contribution in [0.25, 0.3) is 10.8 Å². The molecule has 0 saturated carbocycles. The van der Waals surface area contributed by atoms with E-state index < -0.39 is 0 Å². The maximum absolute atomic E-state index is 11.9. The smallest absolute Gasteiger partial charge is 0.322 e. The van der Waals surface area contributed by atoms with Crippen molar-refractivity contribution in [2.75, 3.05) is 5.32 Å². The SMILES string of the molecule is Cc1nc(C)c(-c2nnc(NC(=O)CCCn3cncn3)o2)s1. The highest BCUT2D eigenvalue weighted by Gasteiger charge is 2.16. The number of anilines is 1. The molecule has 0 aromatic carbocycles. The molecular formula is C13H15N7O2S. The first-order valence-electron chi connectivity index (χ1n) is 7.02. The third-order valence-corrected chi connectivity index (χ3v) is 4.09. The first-order valence-corrected chi connectivity index (χ1v) is 7.83. The number of aromatic nitrogens is 6. The fourth-order valence-electron chi connectivity index (χ4n) is 2.03. The van der Waals surface area contributed by atoms with E-state index in [1.807, 2.05) is 13.8 Å². The lowest BCUT2D eigenvalue weighted by Crippen LogP contribution is -2.12. The second-order valence-corrected chi connectivity index (χ2v) is 6.07. The van der Waals surface area contributed by atoms with Gasteiger partial charge in [0.05, 0.1) is 10.7 Å². The van der Waals surface area contributed by atoms with Crippen LogP contribution in [0.4, 0.5) is 6.01 Å². The largest absolute Gasteiger partial charge is 0.402 e. The summed E-state index contributed by atoms with van der Waals surface area (Å²) in [5.74, 6) is 0.184. The van der Waals surface area contributed by atoms with Gasteiger partial charge in [0.25, 0.3) is 5.89 Å². The van der Waals surface area contributed by atoms with Gasteiger partial charge in [0.2, 0.25) is 5.91 Å². The minimum atomic E-state index is -0.183. The van der Waals surface area contributed by atoms with Crippen molar-refractivity contribution in [3.05, 3.63) is 23.4 Å². The van der Waals surface area contributed by atoms with Crippen LogP contribution >= 0.6 is 11.3 Å². The summed E-state index contributed by atoms with van der Waals surface area (Å²) in [7, 11) is 0. The van der Waals surface area contributed by atoms with E-state index >= 15 is 0 Å². The van der Waals surface area contributed by atoms with Crippen LogP contribution in [0.5, 0.6) is 0 Å². The Hall–Kier alpha value is -2.62. The number of hydrogen-bond acceptors (Lipinski definition) is 8. The van der Waals surface area contributed by atoms with E-state index in [1.54, 1.807) is 11.0 Å². The number of nitrogens with zero attached hydrogens (tertiary/aromatic N) is 6. The number of aryl methyl sites for hydroxylation is 3. The number of thiazole rings is 1. The van der Waals surface area contributed by atoms with E-state index in [0.29, 0.717) is 25.3 Å². The topological polar surface area (TPSA) is 112 Å². The van der Waals surface area contributed by atoms with E-state index in [-0.39, 0.29) is 11.9 Å². The number of nitrogens with one attached hydrogen (secondary N) is 1. The molecule has 3 aromatic heterocycles. The van der Waals surface area contributed by atoms with Crippen molar-refractivity contribution in [3.8, 4) is 10.8 Å². The highest BCUT2D eigenvalue weighted by Crippen LogP contribution is 2.29. The summed E-state index contributed by atoms with van der Waals surface area (Å²) in [4.78, 5) is 20.8. The summed E-state index contributed by atoms with van der Waals surface area (Å²) in [6.07, 6.45) is 4.05. The normalized spacial score (nSPS) is 10.9. The minimum absolute atomic E-state index is 0.0937. The fraction of sp³-hybridized carbons (Fsp3) is 0.385. The van der Waals surface area contributed by atoms with Crippen molar-refractivity contribution in [3.63, 3.8) is 0 Å². The monoisotopic (exact) mass is 333 g/mol. The van der Waals surface area contributed by atoms with Crippen LogP contribution in [-0.4, -0.2) is 35.9 Å². The Morgan fingerprint density at radius 2 is 2.26 bits per heavy atom. The average molecular weight is 333 g/mol. The van der Waals surface area contributed by atoms with Crippen molar-refractivity contribution < 1.29 is 9.21 Å². The Kier molecular flexibility index (Phi) is 4.42. The quantitative estimate of drug-likeness (QED) is 0.732. The van der Waals surface area contributed by atoms with Crippen LogP contribution in [-0.2, 0) is 11.3 Å². The number of amides is 1. The molecule has 9 nitrogen and oxygen atoms in total. The molecule has 3 rings (SSSR count). The molecule has 3 aromatic rings. The van der Waals surface area contributed by atoms with E-state index in [4.69, 9.17) is 4.42 Å². The number of carbonyl (C=O) groups is 1. The first kappa shape index (κ1) is 15.3. The van der Waals surface area contributed by atoms with Gasteiger partial charge in [-0.25, -0.2) is 9.97 Å². The standard InChI is InChI=1S/C13H15N7O2S/c1-8-11(23-9(2)16-8)12-18-19-13(22-12)17-10(21)4-3-5-20-7-14-6-15-20/h6-7H,3-5H2,1-2H3,(H,17,19,21). The van der Waals surface area contributed by atoms with Crippen molar-refractivity contribution in [1.82, 2.24) is 29.9 Å². The lowest BCUT2D eigenvalue weighted by Gasteiger charge is -2.00. The molecule has 0 atom stereocenters. The lowest BCUT2D eigenvalue weighted by molar-refractivity contribution is -0.116. The van der Waals surface area contributed by atoms with Crippen molar-refractivity contribution >= 4 is 23.3 Å². The highest BCUT2D eigenvalue weighted by molar-refractivity contribution is 7.15. The van der Waals surface area contributed by atoms with E-state index in [2.05, 4.69) is 30.6 Å². The van der Waals surface area contributed by atoms with Crippen LogP contribution in [0, 0.1) is 13.8 Å². The van der Waals surface area contributed by atoms with Gasteiger partial charge >= 0.3 is 6.01 Å². The highest BCUT2D eigenvalue weighted by atomic mass is 32.1. The first-order chi connectivity index (χ1) is 11.1. The molecule has 120 valence electrons. The summed E-state index contributed by atoms with van der Waals surface area (Å²) in [5, 5.41) is 15.3. The molecule has 0 radical (unpaired) electrons. The summed E-state index contributed by atoms with van der Waals surface area (Å²) in [6.45, 7) is 4.42. The maximum atomic E-state index is 11.9. The van der Waals surface area contributed by atoms with E-state index in [9.17, 15) is 4.79 Å². The summed E-state index contributed by atoms with van der Waals surface area (Å²) >= 11 is 1.48. The van der Waals surface area contributed by atoms with Gasteiger partial charge in [0.1, 0.15) is 17.5 Å². The van der Waals surface area contributed by atoms with Gasteiger partial charge in [-0.3, -0.25) is 14.8 Å². The van der Waals surface area contributed by atoms with Gasteiger partial charge in [-0.15, -0.1) is 16.4 Å². The second kappa shape index (κ2) is 6.65. The minimum Gasteiger partial charge on any atom is -0.402 e. The third-order valence-electron chi connectivity index (χ3n) is 3.03. The number of carbonyl (C=O) groups excluding carboxylic acids is 1. The molecule has 3 heterocycles.